The van der Waals surface area contributed by atoms with Gasteiger partial charge in [-0.3, -0.25) is 0 Å². The van der Waals surface area contributed by atoms with Crippen molar-refractivity contribution in [2.45, 2.75) is 38.2 Å². The first-order valence-corrected chi connectivity index (χ1v) is 8.92. The normalized spacial score (nSPS) is 16.6. The number of carbonyl (C=O) groups excluding carboxylic acids is 1. The molecule has 1 amide bonds. The maximum atomic E-state index is 13.0. The van der Waals surface area contributed by atoms with E-state index in [1.807, 2.05) is 0 Å². The molecule has 1 aliphatic rings. The summed E-state index contributed by atoms with van der Waals surface area (Å²) in [6, 6.07) is 1.63. The summed E-state index contributed by atoms with van der Waals surface area (Å²) in [6.45, 7) is 1.96. The van der Waals surface area contributed by atoms with Crippen molar-refractivity contribution in [1.29, 1.82) is 0 Å². The van der Waals surface area contributed by atoms with Crippen LogP contribution in [-0.4, -0.2) is 49.1 Å². The number of carbonyl (C=O) groups is 1. The van der Waals surface area contributed by atoms with Crippen LogP contribution in [0, 0.1) is 0 Å². The Balaban J connectivity index is 1.89. The summed E-state index contributed by atoms with van der Waals surface area (Å²) in [7, 11) is 0. The number of rotatable bonds is 6. The Labute approximate surface area is 168 Å². The molecule has 168 valence electrons. The summed E-state index contributed by atoms with van der Waals surface area (Å²) >= 11 is 0. The fourth-order valence-corrected chi connectivity index (χ4v) is 2.90. The van der Waals surface area contributed by atoms with Gasteiger partial charge < -0.3 is 24.4 Å². The van der Waals surface area contributed by atoms with Gasteiger partial charge in [-0.15, -0.1) is 0 Å². The van der Waals surface area contributed by atoms with E-state index in [1.54, 1.807) is 0 Å². The first-order valence-electron chi connectivity index (χ1n) is 8.92. The molecule has 0 aliphatic carbocycles. The Bertz CT molecular complexity index is 771. The van der Waals surface area contributed by atoms with Crippen LogP contribution in [0.25, 0.3) is 0 Å². The average molecular weight is 441 g/mol. The molecular formula is C18H19F6N2O4-. The van der Waals surface area contributed by atoms with Gasteiger partial charge in [-0.25, -0.2) is 0 Å². The minimum absolute atomic E-state index is 0.0310. The molecule has 0 saturated carbocycles. The maximum absolute atomic E-state index is 13.0. The number of halogens is 6. The Morgan fingerprint density at radius 1 is 1.10 bits per heavy atom. The molecule has 1 heterocycles. The lowest BCUT2D eigenvalue weighted by atomic mass is 10.0. The van der Waals surface area contributed by atoms with E-state index >= 15 is 0 Å². The Morgan fingerprint density at radius 3 is 2.23 bits per heavy atom. The highest BCUT2D eigenvalue weighted by molar-refractivity contribution is 5.98. The molecule has 1 saturated heterocycles. The average Bonchev–Trinajstić information content (AvgIpc) is 2.66. The quantitative estimate of drug-likeness (QED) is 0.294. The minimum Gasteiger partial charge on any atom is -0.530 e. The molecule has 0 aromatic heterocycles. The third-order valence-corrected chi connectivity index (χ3v) is 4.48. The second kappa shape index (κ2) is 9.54. The predicted octanol–water partition coefficient (Wildman–Crippen LogP) is 3.29. The molecule has 1 aliphatic heterocycles. The molecular weight excluding hydrogens is 422 g/mol. The van der Waals surface area contributed by atoms with Crippen LogP contribution >= 0.6 is 0 Å². The third-order valence-electron chi connectivity index (χ3n) is 4.48. The second-order valence-corrected chi connectivity index (χ2v) is 6.59. The third kappa shape index (κ3) is 6.51. The van der Waals surface area contributed by atoms with Crippen molar-refractivity contribution >= 4 is 11.8 Å². The van der Waals surface area contributed by atoms with E-state index in [2.05, 4.69) is 5.16 Å². The summed E-state index contributed by atoms with van der Waals surface area (Å²) in [4.78, 5) is 16.8. The van der Waals surface area contributed by atoms with Crippen molar-refractivity contribution in [2.75, 3.05) is 26.3 Å². The van der Waals surface area contributed by atoms with Crippen molar-refractivity contribution in [1.82, 2.24) is 4.90 Å². The smallest absolute Gasteiger partial charge is 0.417 e. The van der Waals surface area contributed by atoms with Crippen LogP contribution in [0.2, 0.25) is 0 Å². The van der Waals surface area contributed by atoms with Gasteiger partial charge in [0.2, 0.25) is 0 Å². The monoisotopic (exact) mass is 441 g/mol. The van der Waals surface area contributed by atoms with Crippen molar-refractivity contribution in [3.05, 3.63) is 34.9 Å². The van der Waals surface area contributed by atoms with Crippen LogP contribution in [-0.2, 0) is 21.9 Å². The fourth-order valence-electron chi connectivity index (χ4n) is 2.90. The molecule has 0 spiro atoms. The largest absolute Gasteiger partial charge is 0.530 e. The molecule has 12 heteroatoms. The van der Waals surface area contributed by atoms with Gasteiger partial charge in [0, 0.05) is 13.1 Å². The SMILES string of the molecule is CC(=NOCCOC1CCN(C(=O)[O-])CC1)c1ccc(C(F)(F)F)c(C(F)(F)F)c1. The predicted molar refractivity (Wildman–Crippen MR) is 90.6 cm³/mol. The number of oxime groups is 1. The van der Waals surface area contributed by atoms with Crippen LogP contribution in [0.15, 0.2) is 23.4 Å². The number of hydrogen-bond acceptors (Lipinski definition) is 5. The summed E-state index contributed by atoms with van der Waals surface area (Å²) in [5, 5.41) is 14.3. The number of amides is 1. The van der Waals surface area contributed by atoms with Crippen molar-refractivity contribution in [3.63, 3.8) is 0 Å². The molecule has 0 unspecified atom stereocenters. The number of benzene rings is 1. The Morgan fingerprint density at radius 2 is 1.70 bits per heavy atom. The summed E-state index contributed by atoms with van der Waals surface area (Å²) < 4.78 is 82.9. The zero-order chi connectivity index (χ0) is 22.5. The van der Waals surface area contributed by atoms with E-state index in [9.17, 15) is 36.2 Å². The van der Waals surface area contributed by atoms with E-state index in [1.165, 1.54) is 11.8 Å². The van der Waals surface area contributed by atoms with Gasteiger partial charge in [0.15, 0.2) is 0 Å². The lowest BCUT2D eigenvalue weighted by Gasteiger charge is -2.33. The molecule has 0 N–H and O–H groups in total. The number of hydrogen-bond donors (Lipinski definition) is 0. The van der Waals surface area contributed by atoms with E-state index in [4.69, 9.17) is 9.57 Å². The zero-order valence-corrected chi connectivity index (χ0v) is 15.8. The van der Waals surface area contributed by atoms with E-state index in [-0.39, 0.29) is 30.6 Å². The van der Waals surface area contributed by atoms with Crippen LogP contribution in [0.4, 0.5) is 31.1 Å². The van der Waals surface area contributed by atoms with Gasteiger partial charge in [0.05, 0.1) is 29.5 Å². The van der Waals surface area contributed by atoms with E-state index in [0.717, 1.165) is 6.07 Å². The molecule has 0 bridgehead atoms. The first kappa shape index (κ1) is 23.8. The van der Waals surface area contributed by atoms with Gasteiger partial charge >= 0.3 is 12.4 Å². The molecule has 30 heavy (non-hydrogen) atoms. The van der Waals surface area contributed by atoms with Gasteiger partial charge in [0.1, 0.15) is 12.7 Å². The highest BCUT2D eigenvalue weighted by Crippen LogP contribution is 2.40. The van der Waals surface area contributed by atoms with Crippen LogP contribution < -0.4 is 5.11 Å². The number of ether oxygens (including phenoxy) is 1. The van der Waals surface area contributed by atoms with Crippen LogP contribution in [0.1, 0.15) is 36.5 Å². The first-order chi connectivity index (χ1) is 13.9. The molecule has 6 nitrogen and oxygen atoms in total. The lowest BCUT2D eigenvalue weighted by Crippen LogP contribution is -2.47. The highest BCUT2D eigenvalue weighted by Gasteiger charge is 2.43. The molecule has 2 rings (SSSR count). The molecule has 0 radical (unpaired) electrons. The minimum atomic E-state index is -5.18. The Hall–Kier alpha value is -2.50. The van der Waals surface area contributed by atoms with Gasteiger partial charge in [-0.2, -0.15) is 26.3 Å². The van der Waals surface area contributed by atoms with Crippen molar-refractivity contribution in [2.24, 2.45) is 5.16 Å². The topological polar surface area (TPSA) is 74.2 Å². The zero-order valence-electron chi connectivity index (χ0n) is 15.8. The number of carboxylic acid groups (broad SMARTS) is 1. The van der Waals surface area contributed by atoms with Crippen molar-refractivity contribution in [3.8, 4) is 0 Å². The molecule has 1 aromatic carbocycles. The van der Waals surface area contributed by atoms with Crippen LogP contribution in [0.3, 0.4) is 0 Å². The second-order valence-electron chi connectivity index (χ2n) is 6.59. The van der Waals surface area contributed by atoms with Crippen LogP contribution in [0.5, 0.6) is 0 Å². The summed E-state index contributed by atoms with van der Waals surface area (Å²) in [5.74, 6) is 0. The molecule has 1 aromatic rings. The van der Waals surface area contributed by atoms with Gasteiger partial charge in [0.25, 0.3) is 0 Å². The van der Waals surface area contributed by atoms with E-state index < -0.39 is 29.6 Å². The van der Waals surface area contributed by atoms with E-state index in [0.29, 0.717) is 38.1 Å². The van der Waals surface area contributed by atoms with Gasteiger partial charge in [-0.1, -0.05) is 11.2 Å². The molecule has 1 fully saturated rings. The number of likely N-dealkylation sites (tertiary alicyclic amines) is 1. The summed E-state index contributed by atoms with van der Waals surface area (Å²) in [5.41, 5.74) is -3.76. The number of piperidine rings is 1. The standard InChI is InChI=1S/C18H20F6N2O4/c1-11(12-2-3-14(17(19,20)21)15(10-12)18(22,23)24)25-30-9-8-29-13-4-6-26(7-5-13)16(27)28/h2-3,10,13H,4-9H2,1H3,(H,27,28)/p-1. The van der Waals surface area contributed by atoms with Crippen molar-refractivity contribution < 1.29 is 45.8 Å². The lowest BCUT2D eigenvalue weighted by molar-refractivity contribution is -0.267. The highest BCUT2D eigenvalue weighted by atomic mass is 19.4. The number of nitrogens with zero attached hydrogens (tertiary/aromatic N) is 2. The molecule has 0 atom stereocenters. The fraction of sp³-hybridized carbons (Fsp3) is 0.556. The Kier molecular flexibility index (Phi) is 7.56. The number of alkyl halides is 6. The maximum Gasteiger partial charge on any atom is 0.417 e. The summed E-state index contributed by atoms with van der Waals surface area (Å²) in [6.07, 6.45) is -10.7. The van der Waals surface area contributed by atoms with Gasteiger partial charge in [-0.05, 0) is 37.5 Å².